The van der Waals surface area contributed by atoms with E-state index in [1.165, 1.54) is 24.3 Å². The van der Waals surface area contributed by atoms with Gasteiger partial charge in [0.15, 0.2) is 10.9 Å². The molecule has 0 unspecified atom stereocenters. The third-order valence-corrected chi connectivity index (χ3v) is 5.49. The standard InChI is InChI=1S/C26H36O6/c1-25(2,17-27)11-5-7-21-13-19(29)15-23(31-21)9-10-24-16-20(30)14-22(32-24)8-6-12-26(3,4)18-28/h9-10,13-16,27-28H,5-8,11-12,17-18H2,1-4H3. The van der Waals surface area contributed by atoms with Gasteiger partial charge in [-0.1, -0.05) is 27.7 Å². The molecule has 6 heteroatoms. The van der Waals surface area contributed by atoms with Crippen molar-refractivity contribution in [2.24, 2.45) is 10.8 Å². The van der Waals surface area contributed by atoms with Gasteiger partial charge < -0.3 is 19.0 Å². The highest BCUT2D eigenvalue weighted by Gasteiger charge is 2.17. The molecule has 0 saturated carbocycles. The van der Waals surface area contributed by atoms with Crippen LogP contribution in [0.15, 0.2) is 42.7 Å². The molecular formula is C26H36O6. The second-order valence-electron chi connectivity index (χ2n) is 10.0. The van der Waals surface area contributed by atoms with Crippen LogP contribution in [-0.4, -0.2) is 23.4 Å². The first-order valence-corrected chi connectivity index (χ1v) is 11.2. The predicted octanol–water partition coefficient (Wildman–Crippen LogP) is 4.45. The highest BCUT2D eigenvalue weighted by atomic mass is 16.3. The van der Waals surface area contributed by atoms with Gasteiger partial charge in [-0.15, -0.1) is 0 Å². The zero-order chi connectivity index (χ0) is 23.8. The Bertz CT molecular complexity index is 928. The van der Waals surface area contributed by atoms with Crippen LogP contribution in [0.4, 0.5) is 0 Å². The molecule has 2 aromatic rings. The first kappa shape index (κ1) is 25.8. The van der Waals surface area contributed by atoms with E-state index < -0.39 is 0 Å². The van der Waals surface area contributed by atoms with E-state index in [1.807, 2.05) is 27.7 Å². The maximum atomic E-state index is 12.0. The zero-order valence-electron chi connectivity index (χ0n) is 19.6. The summed E-state index contributed by atoms with van der Waals surface area (Å²) in [6.07, 6.45) is 7.70. The molecule has 176 valence electrons. The van der Waals surface area contributed by atoms with E-state index in [0.717, 1.165) is 25.7 Å². The lowest BCUT2D eigenvalue weighted by Gasteiger charge is -2.20. The number of rotatable bonds is 12. The van der Waals surface area contributed by atoms with Crippen molar-refractivity contribution in [3.05, 3.63) is 67.8 Å². The highest BCUT2D eigenvalue weighted by Crippen LogP contribution is 2.23. The fraction of sp³-hybridized carbons (Fsp3) is 0.538. The van der Waals surface area contributed by atoms with Gasteiger partial charge in [-0.05, 0) is 48.7 Å². The summed E-state index contributed by atoms with van der Waals surface area (Å²) in [7, 11) is 0. The molecule has 2 aromatic heterocycles. The number of hydrogen-bond donors (Lipinski definition) is 2. The van der Waals surface area contributed by atoms with Gasteiger partial charge in [0.2, 0.25) is 0 Å². The van der Waals surface area contributed by atoms with E-state index in [9.17, 15) is 19.8 Å². The molecule has 0 atom stereocenters. The van der Waals surface area contributed by atoms with Gasteiger partial charge >= 0.3 is 0 Å². The lowest BCUT2D eigenvalue weighted by molar-refractivity contribution is 0.147. The minimum Gasteiger partial charge on any atom is -0.461 e. The van der Waals surface area contributed by atoms with Crippen LogP contribution < -0.4 is 10.9 Å². The van der Waals surface area contributed by atoms with Crippen molar-refractivity contribution < 1.29 is 19.0 Å². The van der Waals surface area contributed by atoms with Crippen LogP contribution in [0, 0.1) is 10.8 Å². The van der Waals surface area contributed by atoms with Crippen molar-refractivity contribution in [3.8, 4) is 0 Å². The summed E-state index contributed by atoms with van der Waals surface area (Å²) in [5, 5.41) is 18.7. The van der Waals surface area contributed by atoms with Crippen LogP contribution in [0.2, 0.25) is 0 Å². The number of aryl methyl sites for hydroxylation is 2. The normalized spacial score (nSPS) is 12.6. The lowest BCUT2D eigenvalue weighted by Crippen LogP contribution is -2.16. The Morgan fingerprint density at radius 3 is 1.44 bits per heavy atom. The molecule has 0 aliphatic carbocycles. The van der Waals surface area contributed by atoms with Crippen molar-refractivity contribution in [1.29, 1.82) is 0 Å². The Morgan fingerprint density at radius 1 is 0.719 bits per heavy atom. The lowest BCUT2D eigenvalue weighted by atomic mass is 9.88. The molecule has 0 saturated heterocycles. The maximum absolute atomic E-state index is 12.0. The van der Waals surface area contributed by atoms with E-state index in [0.29, 0.717) is 35.9 Å². The van der Waals surface area contributed by atoms with Crippen LogP contribution in [0.25, 0.3) is 12.2 Å². The SMILES string of the molecule is CC(C)(CO)CCCc1cc(=O)cc(C=Cc2cc(=O)cc(CCCC(C)(C)CO)o2)o1. The minimum absolute atomic E-state index is 0.114. The van der Waals surface area contributed by atoms with Gasteiger partial charge in [0.05, 0.1) is 0 Å². The fourth-order valence-electron chi connectivity index (χ4n) is 3.32. The first-order valence-electron chi connectivity index (χ1n) is 11.2. The van der Waals surface area contributed by atoms with E-state index >= 15 is 0 Å². The molecule has 32 heavy (non-hydrogen) atoms. The van der Waals surface area contributed by atoms with Crippen molar-refractivity contribution in [2.75, 3.05) is 13.2 Å². The van der Waals surface area contributed by atoms with E-state index in [1.54, 1.807) is 12.2 Å². The average molecular weight is 445 g/mol. The third-order valence-electron chi connectivity index (χ3n) is 5.49. The van der Waals surface area contributed by atoms with Crippen LogP contribution in [0.5, 0.6) is 0 Å². The summed E-state index contributed by atoms with van der Waals surface area (Å²) in [4.78, 5) is 24.1. The van der Waals surface area contributed by atoms with Crippen LogP contribution in [0.1, 0.15) is 76.4 Å². The molecular weight excluding hydrogens is 408 g/mol. The summed E-state index contributed by atoms with van der Waals surface area (Å²) in [5.74, 6) is 1.97. The molecule has 0 aromatic carbocycles. The topological polar surface area (TPSA) is 101 Å². The molecule has 2 heterocycles. The first-order chi connectivity index (χ1) is 15.0. The highest BCUT2D eigenvalue weighted by molar-refractivity contribution is 5.64. The van der Waals surface area contributed by atoms with Gasteiger partial charge in [0.25, 0.3) is 0 Å². The maximum Gasteiger partial charge on any atom is 0.185 e. The van der Waals surface area contributed by atoms with Gasteiger partial charge in [0, 0.05) is 50.3 Å². The largest absolute Gasteiger partial charge is 0.461 e. The second kappa shape index (κ2) is 11.4. The Kier molecular flexibility index (Phi) is 9.22. The van der Waals surface area contributed by atoms with E-state index in [4.69, 9.17) is 8.83 Å². The zero-order valence-corrected chi connectivity index (χ0v) is 19.6. The van der Waals surface area contributed by atoms with Crippen LogP contribution in [-0.2, 0) is 12.8 Å². The Hall–Kier alpha value is -2.44. The summed E-state index contributed by atoms with van der Waals surface area (Å²) in [6.45, 7) is 8.22. The third kappa shape index (κ3) is 8.97. The molecule has 0 aliphatic rings. The molecule has 6 nitrogen and oxygen atoms in total. The summed E-state index contributed by atoms with van der Waals surface area (Å²) >= 11 is 0. The Morgan fingerprint density at radius 2 is 1.09 bits per heavy atom. The Labute approximate surface area is 189 Å². The van der Waals surface area contributed by atoms with Gasteiger partial charge in [-0.2, -0.15) is 0 Å². The summed E-state index contributed by atoms with van der Waals surface area (Å²) in [6, 6.07) is 5.77. The smallest absolute Gasteiger partial charge is 0.185 e. The van der Waals surface area contributed by atoms with Crippen LogP contribution in [0.3, 0.4) is 0 Å². The minimum atomic E-state index is -0.159. The molecule has 0 amide bonds. The van der Waals surface area contributed by atoms with E-state index in [2.05, 4.69) is 0 Å². The van der Waals surface area contributed by atoms with Gasteiger partial charge in [0.1, 0.15) is 23.0 Å². The fourth-order valence-corrected chi connectivity index (χ4v) is 3.32. The molecule has 2 N–H and O–H groups in total. The molecule has 0 radical (unpaired) electrons. The van der Waals surface area contributed by atoms with Crippen molar-refractivity contribution >= 4 is 12.2 Å². The summed E-state index contributed by atoms with van der Waals surface area (Å²) < 4.78 is 11.6. The van der Waals surface area contributed by atoms with Crippen molar-refractivity contribution in [3.63, 3.8) is 0 Å². The van der Waals surface area contributed by atoms with E-state index in [-0.39, 0.29) is 34.9 Å². The second-order valence-corrected chi connectivity index (χ2v) is 10.0. The quantitative estimate of drug-likeness (QED) is 0.502. The molecule has 0 fully saturated rings. The molecule has 0 spiro atoms. The summed E-state index contributed by atoms with van der Waals surface area (Å²) in [5.41, 5.74) is -0.606. The monoisotopic (exact) mass is 444 g/mol. The molecule has 2 rings (SSSR count). The number of aliphatic hydroxyl groups excluding tert-OH is 2. The average Bonchev–Trinajstić information content (AvgIpc) is 2.71. The predicted molar refractivity (Wildman–Crippen MR) is 126 cm³/mol. The molecule has 0 bridgehead atoms. The van der Waals surface area contributed by atoms with Crippen molar-refractivity contribution in [2.45, 2.75) is 66.2 Å². The van der Waals surface area contributed by atoms with Crippen LogP contribution >= 0.6 is 0 Å². The Balaban J connectivity index is 2.07. The number of aliphatic hydroxyl groups is 2. The number of hydrogen-bond acceptors (Lipinski definition) is 6. The van der Waals surface area contributed by atoms with Gasteiger partial charge in [-0.3, -0.25) is 9.59 Å². The van der Waals surface area contributed by atoms with Gasteiger partial charge in [-0.25, -0.2) is 0 Å². The van der Waals surface area contributed by atoms with Crippen molar-refractivity contribution in [1.82, 2.24) is 0 Å². The molecule has 0 aliphatic heterocycles.